The monoisotopic (exact) mass is 237 g/mol. The number of hydrogen-bond donors (Lipinski definition) is 1. The Labute approximate surface area is 103 Å². The van der Waals surface area contributed by atoms with E-state index in [9.17, 15) is 0 Å². The predicted molar refractivity (Wildman–Crippen MR) is 69.2 cm³/mol. The molecule has 0 saturated heterocycles. The highest BCUT2D eigenvalue weighted by atomic mass is 16.4. The van der Waals surface area contributed by atoms with E-state index < -0.39 is 0 Å². The molecule has 0 bridgehead atoms. The maximum absolute atomic E-state index is 5.60. The van der Waals surface area contributed by atoms with E-state index in [1.54, 1.807) is 6.26 Å². The molecule has 0 atom stereocenters. The highest BCUT2D eigenvalue weighted by Gasteiger charge is 2.31. The lowest BCUT2D eigenvalue weighted by molar-refractivity contribution is 0.524. The fourth-order valence-corrected chi connectivity index (χ4v) is 1.91. The summed E-state index contributed by atoms with van der Waals surface area (Å²) in [5, 5.41) is 3.26. The van der Waals surface area contributed by atoms with Crippen molar-refractivity contribution < 1.29 is 4.42 Å². The van der Waals surface area contributed by atoms with Crippen molar-refractivity contribution >= 4 is 6.01 Å². The topological polar surface area (TPSA) is 41.3 Å². The summed E-state index contributed by atoms with van der Waals surface area (Å²) in [6, 6.07) is 1.49. The number of aromatic nitrogens is 1. The Hall–Kier alpha value is -1.03. The number of oxazole rings is 1. The van der Waals surface area contributed by atoms with Gasteiger partial charge in [-0.25, -0.2) is 0 Å². The van der Waals surface area contributed by atoms with Gasteiger partial charge in [-0.1, -0.05) is 20.3 Å². The van der Waals surface area contributed by atoms with Crippen molar-refractivity contribution in [2.24, 2.45) is 0 Å². The average molecular weight is 237 g/mol. The minimum atomic E-state index is 0.673. The maximum Gasteiger partial charge on any atom is 0.297 e. The van der Waals surface area contributed by atoms with E-state index in [1.165, 1.54) is 25.7 Å². The number of unbranched alkanes of at least 4 members (excludes halogenated alkanes) is 1. The highest BCUT2D eigenvalue weighted by Crippen LogP contribution is 2.31. The van der Waals surface area contributed by atoms with Crippen LogP contribution in [0.15, 0.2) is 10.7 Å². The van der Waals surface area contributed by atoms with Gasteiger partial charge in [0.25, 0.3) is 6.01 Å². The van der Waals surface area contributed by atoms with Crippen LogP contribution in [-0.4, -0.2) is 24.1 Å². The van der Waals surface area contributed by atoms with Crippen molar-refractivity contribution in [2.75, 3.05) is 18.0 Å². The molecule has 1 N–H and O–H groups in total. The first kappa shape index (κ1) is 12.4. The van der Waals surface area contributed by atoms with Gasteiger partial charge < -0.3 is 14.6 Å². The van der Waals surface area contributed by atoms with Gasteiger partial charge in [0.05, 0.1) is 5.69 Å². The third-order valence-electron chi connectivity index (χ3n) is 3.08. The molecular formula is C13H23N3O. The molecule has 2 rings (SSSR count). The van der Waals surface area contributed by atoms with E-state index in [1.807, 2.05) is 0 Å². The Bertz CT molecular complexity index is 333. The maximum atomic E-state index is 5.60. The number of anilines is 1. The summed E-state index contributed by atoms with van der Waals surface area (Å²) in [6.45, 7) is 7.15. The van der Waals surface area contributed by atoms with Gasteiger partial charge >= 0.3 is 0 Å². The van der Waals surface area contributed by atoms with Crippen molar-refractivity contribution in [1.82, 2.24) is 10.3 Å². The first-order valence-electron chi connectivity index (χ1n) is 6.77. The zero-order chi connectivity index (χ0) is 12.1. The highest BCUT2D eigenvalue weighted by molar-refractivity contribution is 5.31. The molecule has 0 amide bonds. The first-order valence-corrected chi connectivity index (χ1v) is 6.77. The Balaban J connectivity index is 1.94. The van der Waals surface area contributed by atoms with Crippen molar-refractivity contribution in [3.05, 3.63) is 12.0 Å². The summed E-state index contributed by atoms with van der Waals surface area (Å²) < 4.78 is 5.60. The minimum Gasteiger partial charge on any atom is -0.432 e. The third kappa shape index (κ3) is 3.46. The van der Waals surface area contributed by atoms with Crippen molar-refractivity contribution in [1.29, 1.82) is 0 Å². The van der Waals surface area contributed by atoms with Gasteiger partial charge in [0, 0.05) is 19.1 Å². The van der Waals surface area contributed by atoms with Crippen LogP contribution in [0.3, 0.4) is 0 Å². The summed E-state index contributed by atoms with van der Waals surface area (Å²) in [6.07, 6.45) is 6.78. The second kappa shape index (κ2) is 6.05. The molecule has 17 heavy (non-hydrogen) atoms. The fourth-order valence-electron chi connectivity index (χ4n) is 1.91. The Morgan fingerprint density at radius 3 is 2.94 bits per heavy atom. The molecule has 1 saturated carbocycles. The smallest absolute Gasteiger partial charge is 0.297 e. The number of rotatable bonds is 8. The summed E-state index contributed by atoms with van der Waals surface area (Å²) in [4.78, 5) is 6.89. The predicted octanol–water partition coefficient (Wildman–Crippen LogP) is 2.55. The molecule has 1 aromatic heterocycles. The first-order chi connectivity index (χ1) is 8.35. The molecule has 1 aliphatic rings. The quantitative estimate of drug-likeness (QED) is 0.754. The van der Waals surface area contributed by atoms with E-state index >= 15 is 0 Å². The average Bonchev–Trinajstić information content (AvgIpc) is 3.07. The molecule has 0 unspecified atom stereocenters. The van der Waals surface area contributed by atoms with E-state index in [0.717, 1.165) is 31.3 Å². The Kier molecular flexibility index (Phi) is 4.42. The molecule has 1 aromatic rings. The summed E-state index contributed by atoms with van der Waals surface area (Å²) >= 11 is 0. The van der Waals surface area contributed by atoms with Gasteiger partial charge in [-0.3, -0.25) is 0 Å². The fraction of sp³-hybridized carbons (Fsp3) is 0.769. The van der Waals surface area contributed by atoms with Crippen molar-refractivity contribution in [3.8, 4) is 0 Å². The van der Waals surface area contributed by atoms with Crippen LogP contribution in [0.2, 0.25) is 0 Å². The van der Waals surface area contributed by atoms with Crippen LogP contribution in [0.1, 0.15) is 45.2 Å². The number of nitrogens with one attached hydrogen (secondary N) is 1. The second-order valence-electron chi connectivity index (χ2n) is 4.68. The van der Waals surface area contributed by atoms with E-state index in [-0.39, 0.29) is 0 Å². The summed E-state index contributed by atoms with van der Waals surface area (Å²) in [7, 11) is 0. The van der Waals surface area contributed by atoms with E-state index in [0.29, 0.717) is 6.04 Å². The SMILES string of the molecule is CCCCN(c1nc(CNCC)co1)C1CC1. The van der Waals surface area contributed by atoms with Crippen LogP contribution in [0.4, 0.5) is 6.01 Å². The molecule has 0 aliphatic heterocycles. The lowest BCUT2D eigenvalue weighted by Crippen LogP contribution is -2.27. The van der Waals surface area contributed by atoms with Crippen LogP contribution in [0.5, 0.6) is 0 Å². The van der Waals surface area contributed by atoms with Crippen LogP contribution in [-0.2, 0) is 6.54 Å². The van der Waals surface area contributed by atoms with Crippen LogP contribution in [0, 0.1) is 0 Å². The number of hydrogen-bond acceptors (Lipinski definition) is 4. The molecule has 0 radical (unpaired) electrons. The largest absolute Gasteiger partial charge is 0.432 e. The van der Waals surface area contributed by atoms with E-state index in [2.05, 4.69) is 29.0 Å². The standard InChI is InChI=1S/C13H23N3O/c1-3-5-8-16(12-6-7-12)13-15-11(10-17-13)9-14-4-2/h10,12,14H,3-9H2,1-2H3. The zero-order valence-electron chi connectivity index (χ0n) is 10.9. The van der Waals surface area contributed by atoms with Crippen LogP contribution in [0.25, 0.3) is 0 Å². The van der Waals surface area contributed by atoms with Gasteiger partial charge in [-0.2, -0.15) is 4.98 Å². The third-order valence-corrected chi connectivity index (χ3v) is 3.08. The Morgan fingerprint density at radius 1 is 1.47 bits per heavy atom. The van der Waals surface area contributed by atoms with Crippen molar-refractivity contribution in [2.45, 2.75) is 52.1 Å². The van der Waals surface area contributed by atoms with Crippen molar-refractivity contribution in [3.63, 3.8) is 0 Å². The molecule has 1 heterocycles. The Morgan fingerprint density at radius 2 is 2.29 bits per heavy atom. The normalized spacial score (nSPS) is 15.2. The molecule has 4 heteroatoms. The van der Waals surface area contributed by atoms with E-state index in [4.69, 9.17) is 4.42 Å². The van der Waals surface area contributed by atoms with Gasteiger partial charge in [0.1, 0.15) is 6.26 Å². The molecule has 0 spiro atoms. The van der Waals surface area contributed by atoms with Gasteiger partial charge in [-0.05, 0) is 25.8 Å². The molecule has 96 valence electrons. The van der Waals surface area contributed by atoms with Gasteiger partial charge in [0.15, 0.2) is 0 Å². The lowest BCUT2D eigenvalue weighted by Gasteiger charge is -2.19. The van der Waals surface area contributed by atoms with Gasteiger partial charge in [-0.15, -0.1) is 0 Å². The summed E-state index contributed by atoms with van der Waals surface area (Å²) in [5.74, 6) is 0. The lowest BCUT2D eigenvalue weighted by atomic mass is 10.3. The summed E-state index contributed by atoms with van der Waals surface area (Å²) in [5.41, 5.74) is 1.00. The number of nitrogens with zero attached hydrogens (tertiary/aromatic N) is 2. The van der Waals surface area contributed by atoms with Gasteiger partial charge in [0.2, 0.25) is 0 Å². The second-order valence-corrected chi connectivity index (χ2v) is 4.68. The molecule has 0 aromatic carbocycles. The molecule has 1 fully saturated rings. The van der Waals surface area contributed by atoms with Crippen LogP contribution >= 0.6 is 0 Å². The molecule has 4 nitrogen and oxygen atoms in total. The van der Waals surface area contributed by atoms with Crippen LogP contribution < -0.4 is 10.2 Å². The zero-order valence-corrected chi connectivity index (χ0v) is 10.9. The molecular weight excluding hydrogens is 214 g/mol. The minimum absolute atomic E-state index is 0.673. The molecule has 1 aliphatic carbocycles.